The summed E-state index contributed by atoms with van der Waals surface area (Å²) in [6, 6.07) is 3.81. The molecule has 1 aliphatic heterocycles. The number of aryl methyl sites for hydroxylation is 1. The van der Waals surface area contributed by atoms with Crippen LogP contribution < -0.4 is 10.6 Å². The molecule has 1 aliphatic rings. The second-order valence-electron chi connectivity index (χ2n) is 6.32. The molecule has 3 heterocycles. The molecule has 2 aromatic rings. The van der Waals surface area contributed by atoms with Gasteiger partial charge >= 0.3 is 0 Å². The number of guanidine groups is 1. The Labute approximate surface area is 190 Å². The smallest absolute Gasteiger partial charge is 0.191 e. The van der Waals surface area contributed by atoms with E-state index in [-0.39, 0.29) is 36.6 Å². The molecular weight excluding hydrogens is 515 g/mol. The highest BCUT2D eigenvalue weighted by Gasteiger charge is 2.22. The van der Waals surface area contributed by atoms with Gasteiger partial charge in [0.15, 0.2) is 11.8 Å². The number of rotatable bonds is 7. The second-order valence-corrected chi connectivity index (χ2v) is 8.06. The summed E-state index contributed by atoms with van der Waals surface area (Å²) in [7, 11) is 1.64. The SMILES string of the molecule is CCNC(=NCC(O)c1ccc(Cl)s1)NC1CCc2nc(COC)nn2C1.I. The zero-order valence-corrected chi connectivity index (χ0v) is 19.8. The Kier molecular flexibility index (Phi) is 9.41. The number of fused-ring (bicyclic) bond motifs is 1. The van der Waals surface area contributed by atoms with E-state index in [1.165, 1.54) is 11.3 Å². The van der Waals surface area contributed by atoms with Crippen LogP contribution in [0.15, 0.2) is 17.1 Å². The maximum Gasteiger partial charge on any atom is 0.191 e. The molecule has 0 fully saturated rings. The van der Waals surface area contributed by atoms with E-state index in [4.69, 9.17) is 16.3 Å². The van der Waals surface area contributed by atoms with Crippen LogP contribution in [0.1, 0.15) is 36.0 Å². The fraction of sp³-hybridized carbons (Fsp3) is 0.588. The lowest BCUT2D eigenvalue weighted by molar-refractivity contribution is 0.177. The number of ether oxygens (including phenoxy) is 1. The summed E-state index contributed by atoms with van der Waals surface area (Å²) in [6.07, 6.45) is 1.13. The molecule has 156 valence electrons. The maximum absolute atomic E-state index is 10.3. The minimum atomic E-state index is -0.664. The van der Waals surface area contributed by atoms with E-state index in [1.807, 2.05) is 17.7 Å². The lowest BCUT2D eigenvalue weighted by Gasteiger charge is -2.25. The lowest BCUT2D eigenvalue weighted by Crippen LogP contribution is -2.47. The number of aliphatic imine (C=N–C) groups is 1. The monoisotopic (exact) mass is 540 g/mol. The van der Waals surface area contributed by atoms with Crippen LogP contribution in [0, 0.1) is 0 Å². The van der Waals surface area contributed by atoms with Crippen molar-refractivity contribution in [3.8, 4) is 0 Å². The van der Waals surface area contributed by atoms with E-state index in [9.17, 15) is 5.11 Å². The van der Waals surface area contributed by atoms with E-state index in [2.05, 4.69) is 25.7 Å². The summed E-state index contributed by atoms with van der Waals surface area (Å²) in [5.74, 6) is 2.39. The molecule has 0 amide bonds. The third-order valence-corrected chi connectivity index (χ3v) is 5.54. The number of nitrogens with zero attached hydrogens (tertiary/aromatic N) is 4. The van der Waals surface area contributed by atoms with Gasteiger partial charge in [-0.25, -0.2) is 9.67 Å². The molecule has 0 spiro atoms. The van der Waals surface area contributed by atoms with Gasteiger partial charge in [0.05, 0.1) is 17.4 Å². The van der Waals surface area contributed by atoms with Crippen LogP contribution in [0.25, 0.3) is 0 Å². The van der Waals surface area contributed by atoms with Crippen LogP contribution in [0.4, 0.5) is 0 Å². The van der Waals surface area contributed by atoms with E-state index < -0.39 is 6.10 Å². The van der Waals surface area contributed by atoms with Crippen molar-refractivity contribution in [3.63, 3.8) is 0 Å². The van der Waals surface area contributed by atoms with Crippen LogP contribution in [0.2, 0.25) is 4.34 Å². The molecule has 8 nitrogen and oxygen atoms in total. The first-order valence-corrected chi connectivity index (χ1v) is 10.2. The molecule has 2 atom stereocenters. The van der Waals surface area contributed by atoms with Gasteiger partial charge in [-0.2, -0.15) is 5.10 Å². The highest BCUT2D eigenvalue weighted by atomic mass is 127. The Morgan fingerprint density at radius 2 is 2.36 bits per heavy atom. The lowest BCUT2D eigenvalue weighted by atomic mass is 10.1. The van der Waals surface area contributed by atoms with Gasteiger partial charge in [0, 0.05) is 31.0 Å². The average molecular weight is 541 g/mol. The Morgan fingerprint density at radius 1 is 1.54 bits per heavy atom. The topological polar surface area (TPSA) is 96.6 Å². The molecular formula is C17H26ClIN6O2S. The molecule has 0 radical (unpaired) electrons. The highest BCUT2D eigenvalue weighted by molar-refractivity contribution is 14.0. The number of methoxy groups -OCH3 is 1. The van der Waals surface area contributed by atoms with Gasteiger partial charge in [0.25, 0.3) is 0 Å². The molecule has 0 aromatic carbocycles. The normalized spacial score (nSPS) is 17.6. The van der Waals surface area contributed by atoms with Gasteiger partial charge in [-0.15, -0.1) is 35.3 Å². The predicted molar refractivity (Wildman–Crippen MR) is 122 cm³/mol. The number of aliphatic hydroxyl groups is 1. The number of hydrogen-bond acceptors (Lipinski definition) is 6. The summed E-state index contributed by atoms with van der Waals surface area (Å²) in [4.78, 5) is 9.84. The highest BCUT2D eigenvalue weighted by Crippen LogP contribution is 2.26. The van der Waals surface area contributed by atoms with Gasteiger partial charge in [-0.3, -0.25) is 4.99 Å². The third kappa shape index (κ3) is 6.28. The van der Waals surface area contributed by atoms with Crippen LogP contribution >= 0.6 is 46.9 Å². The van der Waals surface area contributed by atoms with Crippen molar-refractivity contribution >= 4 is 52.9 Å². The van der Waals surface area contributed by atoms with E-state index in [0.717, 1.165) is 36.6 Å². The van der Waals surface area contributed by atoms with Crippen molar-refractivity contribution in [2.24, 2.45) is 4.99 Å². The number of hydrogen-bond donors (Lipinski definition) is 3. The van der Waals surface area contributed by atoms with E-state index >= 15 is 0 Å². The Hall–Kier alpha value is -0.950. The first-order chi connectivity index (χ1) is 13.1. The van der Waals surface area contributed by atoms with Crippen molar-refractivity contribution in [3.05, 3.63) is 33.0 Å². The van der Waals surface area contributed by atoms with Crippen molar-refractivity contribution in [1.82, 2.24) is 25.4 Å². The molecule has 11 heteroatoms. The Bertz CT molecular complexity index is 784. The zero-order chi connectivity index (χ0) is 19.2. The van der Waals surface area contributed by atoms with Crippen molar-refractivity contribution in [2.45, 2.75) is 45.1 Å². The molecule has 2 aromatic heterocycles. The molecule has 0 saturated carbocycles. The van der Waals surface area contributed by atoms with Gasteiger partial charge in [0.2, 0.25) is 0 Å². The largest absolute Gasteiger partial charge is 0.386 e. The summed E-state index contributed by atoms with van der Waals surface area (Å²) in [5, 5.41) is 21.5. The quantitative estimate of drug-likeness (QED) is 0.284. The van der Waals surface area contributed by atoms with Crippen molar-refractivity contribution < 1.29 is 9.84 Å². The number of nitrogens with one attached hydrogen (secondary N) is 2. The molecule has 28 heavy (non-hydrogen) atoms. The Balaban J connectivity index is 0.00000280. The third-order valence-electron chi connectivity index (χ3n) is 4.21. The zero-order valence-electron chi connectivity index (χ0n) is 15.9. The summed E-state index contributed by atoms with van der Waals surface area (Å²) in [6.45, 7) is 4.17. The van der Waals surface area contributed by atoms with Gasteiger partial charge in [-0.1, -0.05) is 11.6 Å². The first-order valence-electron chi connectivity index (χ1n) is 8.98. The van der Waals surface area contributed by atoms with Gasteiger partial charge in [0.1, 0.15) is 18.5 Å². The molecule has 0 saturated heterocycles. The Morgan fingerprint density at radius 3 is 3.04 bits per heavy atom. The number of thiophene rings is 1. The van der Waals surface area contributed by atoms with E-state index in [0.29, 0.717) is 22.7 Å². The molecule has 0 aliphatic carbocycles. The molecule has 3 N–H and O–H groups in total. The summed E-state index contributed by atoms with van der Waals surface area (Å²) in [5.41, 5.74) is 0. The average Bonchev–Trinajstić information content (AvgIpc) is 3.25. The fourth-order valence-electron chi connectivity index (χ4n) is 2.96. The van der Waals surface area contributed by atoms with Crippen LogP contribution in [0.5, 0.6) is 0 Å². The fourth-order valence-corrected chi connectivity index (χ4v) is 4.00. The number of aliphatic hydroxyl groups excluding tert-OH is 1. The van der Waals surface area contributed by atoms with Crippen molar-refractivity contribution in [1.29, 1.82) is 0 Å². The summed E-state index contributed by atoms with van der Waals surface area (Å²) >= 11 is 7.31. The van der Waals surface area contributed by atoms with Gasteiger partial charge in [-0.05, 0) is 25.5 Å². The molecule has 2 unspecified atom stereocenters. The van der Waals surface area contributed by atoms with Crippen LogP contribution in [-0.4, -0.2) is 52.1 Å². The van der Waals surface area contributed by atoms with Crippen molar-refractivity contribution in [2.75, 3.05) is 20.2 Å². The minimum absolute atomic E-state index is 0. The van der Waals surface area contributed by atoms with Gasteiger partial charge < -0.3 is 20.5 Å². The number of halogens is 2. The predicted octanol–water partition coefficient (Wildman–Crippen LogP) is 2.36. The van der Waals surface area contributed by atoms with Crippen LogP contribution in [-0.2, 0) is 24.3 Å². The second kappa shape index (κ2) is 11.3. The van der Waals surface area contributed by atoms with E-state index in [1.54, 1.807) is 13.2 Å². The summed E-state index contributed by atoms with van der Waals surface area (Å²) < 4.78 is 7.70. The molecule has 3 rings (SSSR count). The maximum atomic E-state index is 10.3. The molecule has 0 bridgehead atoms. The van der Waals surface area contributed by atoms with Crippen LogP contribution in [0.3, 0.4) is 0 Å². The first kappa shape index (κ1) is 23.3. The number of aromatic nitrogens is 3. The minimum Gasteiger partial charge on any atom is -0.386 e. The standard InChI is InChI=1S/C17H25ClN6O2S.HI/c1-3-19-17(20-8-12(25)13-5-6-14(18)27-13)21-11-4-7-16-22-15(10-26-2)23-24(16)9-11;/h5-6,11-12,25H,3-4,7-10H2,1-2H3,(H2,19,20,21);1H.